The Morgan fingerprint density at radius 1 is 1.00 bits per heavy atom. The predicted octanol–water partition coefficient (Wildman–Crippen LogP) is 4.82. The van der Waals surface area contributed by atoms with Crippen molar-refractivity contribution in [2.45, 2.75) is 77.4 Å². The molecule has 2 aromatic carbocycles. The van der Waals surface area contributed by atoms with Crippen LogP contribution < -0.4 is 15.4 Å². The maximum absolute atomic E-state index is 13.0. The lowest BCUT2D eigenvalue weighted by Crippen LogP contribution is -2.45. The standard InChI is InChI=1S/C31H42N2O6/c1-30(2,3)39-29(37)31(16-18-32-19-17-31)15-7-8-20-38-25-13-11-24(12-14-25)26(21-27(34)35)28(36)33-22-23-9-5-4-6-10-23/h4-6,9-14,26,32H,7-8,15-22H2,1-3H3,(H,33,36)(H,34,35). The van der Waals surface area contributed by atoms with E-state index < -0.39 is 22.9 Å². The summed E-state index contributed by atoms with van der Waals surface area (Å²) >= 11 is 0. The molecule has 1 aliphatic rings. The van der Waals surface area contributed by atoms with E-state index in [-0.39, 0.29) is 18.3 Å². The molecule has 39 heavy (non-hydrogen) atoms. The van der Waals surface area contributed by atoms with Gasteiger partial charge in [0, 0.05) is 6.54 Å². The second kappa shape index (κ2) is 14.1. The van der Waals surface area contributed by atoms with Gasteiger partial charge in [0.05, 0.1) is 24.4 Å². The summed E-state index contributed by atoms with van der Waals surface area (Å²) in [6.45, 7) is 8.17. The maximum Gasteiger partial charge on any atom is 0.312 e. The summed E-state index contributed by atoms with van der Waals surface area (Å²) in [4.78, 5) is 37.3. The van der Waals surface area contributed by atoms with Gasteiger partial charge in [-0.05, 0) is 89.2 Å². The van der Waals surface area contributed by atoms with Gasteiger partial charge in [0.25, 0.3) is 0 Å². The Hall–Kier alpha value is -3.39. The second-order valence-corrected chi connectivity index (χ2v) is 11.3. The lowest BCUT2D eigenvalue weighted by Gasteiger charge is -2.37. The van der Waals surface area contributed by atoms with Gasteiger partial charge in [0.15, 0.2) is 0 Å². The van der Waals surface area contributed by atoms with Crippen molar-refractivity contribution in [3.8, 4) is 5.75 Å². The number of carbonyl (C=O) groups is 3. The zero-order chi connectivity index (χ0) is 28.3. The molecule has 1 amide bonds. The SMILES string of the molecule is CC(C)(C)OC(=O)C1(CCCCOc2ccc(C(CC(=O)O)C(=O)NCc3ccccc3)cc2)CCNCC1. The lowest BCUT2D eigenvalue weighted by atomic mass is 9.75. The van der Waals surface area contributed by atoms with E-state index in [2.05, 4.69) is 10.6 Å². The average molecular weight is 539 g/mol. The fraction of sp³-hybridized carbons (Fsp3) is 0.516. The van der Waals surface area contributed by atoms with Crippen molar-refractivity contribution in [2.24, 2.45) is 5.41 Å². The van der Waals surface area contributed by atoms with Gasteiger partial charge in [-0.1, -0.05) is 42.5 Å². The van der Waals surface area contributed by atoms with E-state index in [0.717, 1.165) is 50.8 Å². The molecule has 1 atom stereocenters. The Morgan fingerprint density at radius 2 is 1.67 bits per heavy atom. The molecule has 1 saturated heterocycles. The van der Waals surface area contributed by atoms with Gasteiger partial charge in [-0.15, -0.1) is 0 Å². The average Bonchev–Trinajstić information content (AvgIpc) is 2.91. The first kappa shape index (κ1) is 30.2. The summed E-state index contributed by atoms with van der Waals surface area (Å²) in [5.41, 5.74) is 0.623. The van der Waals surface area contributed by atoms with Gasteiger partial charge in [-0.25, -0.2) is 0 Å². The van der Waals surface area contributed by atoms with Gasteiger partial charge >= 0.3 is 11.9 Å². The summed E-state index contributed by atoms with van der Waals surface area (Å²) < 4.78 is 11.7. The van der Waals surface area contributed by atoms with Gasteiger partial charge in [0.1, 0.15) is 11.4 Å². The van der Waals surface area contributed by atoms with Crippen molar-refractivity contribution in [1.82, 2.24) is 10.6 Å². The lowest BCUT2D eigenvalue weighted by molar-refractivity contribution is -0.170. The van der Waals surface area contributed by atoms with E-state index in [1.54, 1.807) is 24.3 Å². The number of amides is 1. The monoisotopic (exact) mass is 538 g/mol. The molecule has 0 spiro atoms. The Labute approximate surface area is 231 Å². The number of piperidine rings is 1. The van der Waals surface area contributed by atoms with Crippen molar-refractivity contribution in [2.75, 3.05) is 19.7 Å². The number of unbranched alkanes of at least 4 members (excludes halogenated alkanes) is 1. The highest BCUT2D eigenvalue weighted by Gasteiger charge is 2.41. The van der Waals surface area contributed by atoms with Crippen LogP contribution in [0.4, 0.5) is 0 Å². The topological polar surface area (TPSA) is 114 Å². The Balaban J connectivity index is 1.50. The molecular weight excluding hydrogens is 496 g/mol. The number of aliphatic carboxylic acids is 1. The van der Waals surface area contributed by atoms with Gasteiger partial charge in [0.2, 0.25) is 5.91 Å². The first-order chi connectivity index (χ1) is 18.6. The molecule has 0 bridgehead atoms. The maximum atomic E-state index is 13.0. The van der Waals surface area contributed by atoms with Crippen LogP contribution in [0.15, 0.2) is 54.6 Å². The highest BCUT2D eigenvalue weighted by molar-refractivity contribution is 5.87. The minimum Gasteiger partial charge on any atom is -0.494 e. The molecule has 0 radical (unpaired) electrons. The number of benzene rings is 2. The first-order valence-electron chi connectivity index (χ1n) is 13.8. The number of ether oxygens (including phenoxy) is 2. The van der Waals surface area contributed by atoms with Crippen LogP contribution in [-0.2, 0) is 25.7 Å². The van der Waals surface area contributed by atoms with E-state index in [9.17, 15) is 19.5 Å². The van der Waals surface area contributed by atoms with Crippen LogP contribution in [0.25, 0.3) is 0 Å². The highest BCUT2D eigenvalue weighted by Crippen LogP contribution is 2.37. The van der Waals surface area contributed by atoms with Gasteiger partial charge in [-0.2, -0.15) is 0 Å². The predicted molar refractivity (Wildman–Crippen MR) is 149 cm³/mol. The van der Waals surface area contributed by atoms with Crippen molar-refractivity contribution in [1.29, 1.82) is 0 Å². The van der Waals surface area contributed by atoms with E-state index in [0.29, 0.717) is 24.5 Å². The summed E-state index contributed by atoms with van der Waals surface area (Å²) in [6.07, 6.45) is 3.67. The third-order valence-corrected chi connectivity index (χ3v) is 7.00. The Kier molecular flexibility index (Phi) is 10.9. The molecule has 3 rings (SSSR count). The second-order valence-electron chi connectivity index (χ2n) is 11.3. The van der Waals surface area contributed by atoms with Crippen LogP contribution in [0.1, 0.15) is 76.3 Å². The number of carbonyl (C=O) groups excluding carboxylic acids is 2. The largest absolute Gasteiger partial charge is 0.494 e. The van der Waals surface area contributed by atoms with E-state index >= 15 is 0 Å². The molecule has 0 aliphatic carbocycles. The normalized spacial score (nSPS) is 15.7. The summed E-state index contributed by atoms with van der Waals surface area (Å²) in [5, 5.41) is 15.5. The number of carboxylic acids is 1. The number of hydrogen-bond donors (Lipinski definition) is 3. The molecule has 0 saturated carbocycles. The van der Waals surface area contributed by atoms with Crippen molar-refractivity contribution in [3.63, 3.8) is 0 Å². The van der Waals surface area contributed by atoms with Crippen molar-refractivity contribution >= 4 is 17.8 Å². The molecule has 212 valence electrons. The van der Waals surface area contributed by atoms with E-state index in [1.807, 2.05) is 51.1 Å². The van der Waals surface area contributed by atoms with Crippen LogP contribution in [0.3, 0.4) is 0 Å². The molecule has 1 unspecified atom stereocenters. The number of esters is 1. The van der Waals surface area contributed by atoms with Crippen LogP contribution in [0.2, 0.25) is 0 Å². The third kappa shape index (κ3) is 9.70. The van der Waals surface area contributed by atoms with E-state index in [4.69, 9.17) is 9.47 Å². The minimum absolute atomic E-state index is 0.100. The quantitative estimate of drug-likeness (QED) is 0.247. The fourth-order valence-electron chi connectivity index (χ4n) is 4.84. The first-order valence-corrected chi connectivity index (χ1v) is 13.8. The van der Waals surface area contributed by atoms with Crippen LogP contribution in [0, 0.1) is 5.41 Å². The molecule has 2 aromatic rings. The molecule has 8 heteroatoms. The molecule has 1 aliphatic heterocycles. The smallest absolute Gasteiger partial charge is 0.312 e. The number of carboxylic acid groups (broad SMARTS) is 1. The molecule has 8 nitrogen and oxygen atoms in total. The molecule has 1 fully saturated rings. The molecule has 1 heterocycles. The van der Waals surface area contributed by atoms with E-state index in [1.165, 1.54) is 0 Å². The summed E-state index contributed by atoms with van der Waals surface area (Å²) in [7, 11) is 0. The fourth-order valence-corrected chi connectivity index (χ4v) is 4.84. The Bertz CT molecular complexity index is 1070. The molecule has 0 aromatic heterocycles. The Morgan fingerprint density at radius 3 is 2.28 bits per heavy atom. The van der Waals surface area contributed by atoms with Gasteiger partial charge < -0.3 is 25.2 Å². The van der Waals surface area contributed by atoms with Crippen molar-refractivity contribution < 1.29 is 29.0 Å². The highest BCUT2D eigenvalue weighted by atomic mass is 16.6. The summed E-state index contributed by atoms with van der Waals surface area (Å²) in [5.74, 6) is -1.60. The zero-order valence-electron chi connectivity index (χ0n) is 23.3. The molecule has 3 N–H and O–H groups in total. The molecular formula is C31H42N2O6. The summed E-state index contributed by atoms with van der Waals surface area (Å²) in [6, 6.07) is 16.5. The third-order valence-electron chi connectivity index (χ3n) is 7.00. The van der Waals surface area contributed by atoms with Crippen LogP contribution >= 0.6 is 0 Å². The minimum atomic E-state index is -1.03. The zero-order valence-corrected chi connectivity index (χ0v) is 23.3. The number of nitrogens with one attached hydrogen (secondary N) is 2. The van der Waals surface area contributed by atoms with Gasteiger partial charge in [-0.3, -0.25) is 14.4 Å². The number of hydrogen-bond acceptors (Lipinski definition) is 6. The van der Waals surface area contributed by atoms with Crippen LogP contribution in [0.5, 0.6) is 5.75 Å². The number of rotatable bonds is 13. The van der Waals surface area contributed by atoms with Crippen LogP contribution in [-0.4, -0.2) is 48.2 Å². The van der Waals surface area contributed by atoms with Crippen molar-refractivity contribution in [3.05, 3.63) is 65.7 Å².